The first kappa shape index (κ1) is 14.3. The Balaban J connectivity index is 2.32. The van der Waals surface area contributed by atoms with Gasteiger partial charge in [0, 0.05) is 12.3 Å². The second kappa shape index (κ2) is 5.10. The normalized spacial score (nSPS) is 30.0. The Bertz CT molecular complexity index is 431. The third-order valence-corrected chi connectivity index (χ3v) is 4.45. The van der Waals surface area contributed by atoms with Crippen LogP contribution >= 0.6 is 0 Å². The number of ether oxygens (including phenoxy) is 1. The van der Waals surface area contributed by atoms with E-state index in [0.717, 1.165) is 24.8 Å². The zero-order valence-electron chi connectivity index (χ0n) is 12.4. The minimum absolute atomic E-state index is 0.00633. The fourth-order valence-electron chi connectivity index (χ4n) is 3.64. The summed E-state index contributed by atoms with van der Waals surface area (Å²) in [5, 5.41) is 0. The molecule has 106 valence electrons. The first-order chi connectivity index (χ1) is 8.85. The molecule has 3 heteroatoms. The van der Waals surface area contributed by atoms with Gasteiger partial charge >= 0.3 is 5.97 Å². The summed E-state index contributed by atoms with van der Waals surface area (Å²) in [4.78, 5) is 24.5. The van der Waals surface area contributed by atoms with Gasteiger partial charge in [0.2, 0.25) is 0 Å². The molecule has 3 nitrogen and oxygen atoms in total. The number of Topliss-reactive ketones (excluding diaryl/α,β-unsaturated/α-hetero) is 1. The van der Waals surface area contributed by atoms with Crippen LogP contribution in [0.2, 0.25) is 0 Å². The summed E-state index contributed by atoms with van der Waals surface area (Å²) >= 11 is 0. The van der Waals surface area contributed by atoms with Crippen molar-refractivity contribution in [3.63, 3.8) is 0 Å². The van der Waals surface area contributed by atoms with Gasteiger partial charge in [0.25, 0.3) is 0 Å². The van der Waals surface area contributed by atoms with Crippen LogP contribution in [0.15, 0.2) is 11.1 Å². The molecule has 0 saturated heterocycles. The average Bonchev–Trinajstić information content (AvgIpc) is 2.26. The van der Waals surface area contributed by atoms with Crippen molar-refractivity contribution in [1.29, 1.82) is 0 Å². The molecule has 0 unspecified atom stereocenters. The number of carbonyl (C=O) groups is 2. The van der Waals surface area contributed by atoms with Crippen LogP contribution in [0, 0.1) is 17.3 Å². The largest absolute Gasteiger partial charge is 0.466 e. The maximum atomic E-state index is 12.4. The Morgan fingerprint density at radius 1 is 1.42 bits per heavy atom. The van der Waals surface area contributed by atoms with E-state index in [-0.39, 0.29) is 29.0 Å². The van der Waals surface area contributed by atoms with Crippen LogP contribution in [0.1, 0.15) is 53.4 Å². The van der Waals surface area contributed by atoms with E-state index in [0.29, 0.717) is 13.0 Å². The maximum absolute atomic E-state index is 12.4. The van der Waals surface area contributed by atoms with Crippen molar-refractivity contribution < 1.29 is 14.3 Å². The molecule has 0 aromatic heterocycles. The Hall–Kier alpha value is -1.12. The van der Waals surface area contributed by atoms with Crippen molar-refractivity contribution in [2.24, 2.45) is 17.3 Å². The molecule has 2 rings (SSSR count). The van der Waals surface area contributed by atoms with E-state index in [4.69, 9.17) is 4.74 Å². The van der Waals surface area contributed by atoms with E-state index in [1.54, 1.807) is 0 Å². The first-order valence-corrected chi connectivity index (χ1v) is 7.25. The fourth-order valence-corrected chi connectivity index (χ4v) is 3.64. The van der Waals surface area contributed by atoms with E-state index in [9.17, 15) is 9.59 Å². The van der Waals surface area contributed by atoms with Crippen LogP contribution in [0.4, 0.5) is 0 Å². The zero-order valence-corrected chi connectivity index (χ0v) is 12.4. The zero-order chi connectivity index (χ0) is 14.2. The summed E-state index contributed by atoms with van der Waals surface area (Å²) in [6.45, 7) is 8.53. The van der Waals surface area contributed by atoms with Crippen LogP contribution in [-0.2, 0) is 14.3 Å². The lowest BCUT2D eigenvalue weighted by Gasteiger charge is -2.42. The quantitative estimate of drug-likeness (QED) is 0.719. The molecule has 2 aliphatic rings. The minimum Gasteiger partial charge on any atom is -0.466 e. The van der Waals surface area contributed by atoms with Crippen molar-refractivity contribution >= 4 is 11.8 Å². The van der Waals surface area contributed by atoms with E-state index < -0.39 is 0 Å². The van der Waals surface area contributed by atoms with E-state index in [1.807, 2.05) is 13.8 Å². The Labute approximate surface area is 115 Å². The smallest absolute Gasteiger partial charge is 0.309 e. The summed E-state index contributed by atoms with van der Waals surface area (Å²) in [5.74, 6) is 0.0713. The van der Waals surface area contributed by atoms with Crippen molar-refractivity contribution in [3.8, 4) is 0 Å². The Morgan fingerprint density at radius 2 is 2.11 bits per heavy atom. The molecular formula is C16H24O3. The molecule has 0 aliphatic heterocycles. The van der Waals surface area contributed by atoms with Crippen LogP contribution in [-0.4, -0.2) is 18.4 Å². The number of rotatable bonds is 2. The van der Waals surface area contributed by atoms with Crippen LogP contribution in [0.3, 0.4) is 0 Å². The molecule has 0 aromatic rings. The topological polar surface area (TPSA) is 43.4 Å². The van der Waals surface area contributed by atoms with E-state index in [2.05, 4.69) is 13.8 Å². The van der Waals surface area contributed by atoms with Gasteiger partial charge in [-0.05, 0) is 44.1 Å². The number of hydrogen-bond acceptors (Lipinski definition) is 3. The van der Waals surface area contributed by atoms with Gasteiger partial charge in [-0.1, -0.05) is 19.4 Å². The molecular weight excluding hydrogens is 240 g/mol. The molecule has 1 saturated carbocycles. The van der Waals surface area contributed by atoms with E-state index >= 15 is 0 Å². The highest BCUT2D eigenvalue weighted by molar-refractivity contribution is 5.99. The van der Waals surface area contributed by atoms with Gasteiger partial charge < -0.3 is 4.74 Å². The number of carbonyl (C=O) groups excluding carboxylic acids is 2. The SMILES string of the molecule is CCOC(=O)[C@@H]1CCC(C)=C2C(=O)CC(C)(C)C[C@H]21. The summed E-state index contributed by atoms with van der Waals surface area (Å²) < 4.78 is 5.20. The first-order valence-electron chi connectivity index (χ1n) is 7.25. The third kappa shape index (κ3) is 2.75. The number of ketones is 1. The van der Waals surface area contributed by atoms with Gasteiger partial charge in [0.15, 0.2) is 5.78 Å². The van der Waals surface area contributed by atoms with Gasteiger partial charge in [-0.2, -0.15) is 0 Å². The second-order valence-corrected chi connectivity index (χ2v) is 6.67. The molecule has 0 heterocycles. The molecule has 19 heavy (non-hydrogen) atoms. The molecule has 0 bridgehead atoms. The lowest BCUT2D eigenvalue weighted by molar-refractivity contribution is -0.151. The molecule has 0 N–H and O–H groups in total. The lowest BCUT2D eigenvalue weighted by atomic mass is 9.61. The number of esters is 1. The van der Waals surface area contributed by atoms with E-state index in [1.165, 1.54) is 5.57 Å². The fraction of sp³-hybridized carbons (Fsp3) is 0.750. The minimum atomic E-state index is -0.123. The molecule has 0 spiro atoms. The monoisotopic (exact) mass is 264 g/mol. The average molecular weight is 264 g/mol. The molecule has 0 radical (unpaired) electrons. The van der Waals surface area contributed by atoms with Crippen LogP contribution in [0.25, 0.3) is 0 Å². The molecule has 2 atom stereocenters. The predicted octanol–water partition coefficient (Wildman–Crippen LogP) is 3.28. The summed E-state index contributed by atoms with van der Waals surface area (Å²) in [6.07, 6.45) is 3.18. The Kier molecular flexibility index (Phi) is 3.84. The lowest BCUT2D eigenvalue weighted by Crippen LogP contribution is -2.40. The number of allylic oxidation sites excluding steroid dienone is 2. The summed E-state index contributed by atoms with van der Waals surface area (Å²) in [5.41, 5.74) is 2.11. The summed E-state index contributed by atoms with van der Waals surface area (Å²) in [7, 11) is 0. The third-order valence-electron chi connectivity index (χ3n) is 4.45. The van der Waals surface area contributed by atoms with Gasteiger partial charge in [0.05, 0.1) is 12.5 Å². The number of fused-ring (bicyclic) bond motifs is 1. The highest BCUT2D eigenvalue weighted by atomic mass is 16.5. The van der Waals surface area contributed by atoms with Gasteiger partial charge in [-0.15, -0.1) is 0 Å². The second-order valence-electron chi connectivity index (χ2n) is 6.67. The highest BCUT2D eigenvalue weighted by Crippen LogP contribution is 2.48. The van der Waals surface area contributed by atoms with Crippen molar-refractivity contribution in [2.75, 3.05) is 6.61 Å². The number of hydrogen-bond donors (Lipinski definition) is 0. The van der Waals surface area contributed by atoms with Crippen molar-refractivity contribution in [1.82, 2.24) is 0 Å². The molecule has 0 amide bonds. The molecule has 2 aliphatic carbocycles. The standard InChI is InChI=1S/C16H24O3/c1-5-19-15(18)11-7-6-10(2)14-12(11)8-16(3,4)9-13(14)17/h11-12H,5-9H2,1-4H3/t11-,12+/m1/s1. The predicted molar refractivity (Wildman–Crippen MR) is 73.6 cm³/mol. The van der Waals surface area contributed by atoms with Crippen LogP contribution in [0.5, 0.6) is 0 Å². The molecule has 0 aromatic carbocycles. The molecule has 1 fully saturated rings. The summed E-state index contributed by atoms with van der Waals surface area (Å²) in [6, 6.07) is 0. The van der Waals surface area contributed by atoms with Crippen molar-refractivity contribution in [2.45, 2.75) is 53.4 Å². The highest BCUT2D eigenvalue weighted by Gasteiger charge is 2.45. The van der Waals surface area contributed by atoms with Crippen LogP contribution < -0.4 is 0 Å². The Morgan fingerprint density at radius 3 is 2.74 bits per heavy atom. The van der Waals surface area contributed by atoms with Gasteiger partial charge in [-0.3, -0.25) is 9.59 Å². The van der Waals surface area contributed by atoms with Crippen molar-refractivity contribution in [3.05, 3.63) is 11.1 Å². The van der Waals surface area contributed by atoms with Gasteiger partial charge in [0.1, 0.15) is 0 Å². The van der Waals surface area contributed by atoms with Gasteiger partial charge in [-0.25, -0.2) is 0 Å². The maximum Gasteiger partial charge on any atom is 0.309 e.